The minimum atomic E-state index is -0.665. The van der Waals surface area contributed by atoms with Crippen molar-refractivity contribution in [3.63, 3.8) is 0 Å². The molecule has 0 unspecified atom stereocenters. The van der Waals surface area contributed by atoms with Gasteiger partial charge in [0.15, 0.2) is 11.4 Å². The van der Waals surface area contributed by atoms with E-state index in [1.807, 2.05) is 48.5 Å². The van der Waals surface area contributed by atoms with Crippen molar-refractivity contribution < 1.29 is 0 Å². The number of nitrogen functional groups attached to an aromatic ring is 2. The third-order valence-corrected chi connectivity index (χ3v) is 4.10. The van der Waals surface area contributed by atoms with Crippen molar-refractivity contribution in [1.82, 2.24) is 4.65 Å². The van der Waals surface area contributed by atoms with Gasteiger partial charge in [0.1, 0.15) is 5.69 Å². The molecule has 0 bridgehead atoms. The molecular formula is C18H15N3O. The van der Waals surface area contributed by atoms with E-state index in [9.17, 15) is 5.21 Å². The third-order valence-electron chi connectivity index (χ3n) is 4.10. The predicted molar refractivity (Wildman–Crippen MR) is 91.6 cm³/mol. The van der Waals surface area contributed by atoms with Gasteiger partial charge in [0.25, 0.3) is 0 Å². The van der Waals surface area contributed by atoms with E-state index < -0.39 is 4.65 Å². The highest BCUT2D eigenvalue weighted by atomic mass is 16.5. The summed E-state index contributed by atoms with van der Waals surface area (Å²) in [5.74, 6) is 0. The zero-order valence-electron chi connectivity index (χ0n) is 11.9. The Labute approximate surface area is 128 Å². The molecule has 3 aromatic rings. The molecule has 1 aliphatic rings. The lowest BCUT2D eigenvalue weighted by atomic mass is 10.1. The van der Waals surface area contributed by atoms with E-state index >= 15 is 0 Å². The first-order valence-corrected chi connectivity index (χ1v) is 7.07. The zero-order chi connectivity index (χ0) is 15.3. The molecular weight excluding hydrogens is 274 g/mol. The van der Waals surface area contributed by atoms with Crippen molar-refractivity contribution >= 4 is 28.4 Å². The fourth-order valence-corrected chi connectivity index (χ4v) is 3.20. The first kappa shape index (κ1) is 12.9. The highest BCUT2D eigenvalue weighted by Crippen LogP contribution is 2.56. The van der Waals surface area contributed by atoms with Gasteiger partial charge in [-0.2, -0.15) is 0 Å². The molecule has 4 N–H and O–H groups in total. The average Bonchev–Trinajstić information content (AvgIpc) is 2.78. The summed E-state index contributed by atoms with van der Waals surface area (Å²) in [5.41, 5.74) is 16.6. The van der Waals surface area contributed by atoms with E-state index in [4.69, 9.17) is 11.5 Å². The van der Waals surface area contributed by atoms with Crippen molar-refractivity contribution in [3.05, 3.63) is 71.9 Å². The second kappa shape index (κ2) is 4.34. The molecule has 108 valence electrons. The van der Waals surface area contributed by atoms with Crippen LogP contribution in [0, 0.1) is 5.21 Å². The van der Waals surface area contributed by atoms with Crippen LogP contribution in [0.3, 0.4) is 0 Å². The van der Waals surface area contributed by atoms with Gasteiger partial charge in [0.2, 0.25) is 0 Å². The number of fused-ring (bicyclic) bond motifs is 3. The van der Waals surface area contributed by atoms with Gasteiger partial charge in [-0.05, 0) is 18.2 Å². The van der Waals surface area contributed by atoms with E-state index in [0.29, 0.717) is 28.4 Å². The van der Waals surface area contributed by atoms with Crippen molar-refractivity contribution in [2.24, 2.45) is 0 Å². The lowest BCUT2D eigenvalue weighted by Crippen LogP contribution is -2.29. The van der Waals surface area contributed by atoms with Crippen LogP contribution in [0.2, 0.25) is 0 Å². The summed E-state index contributed by atoms with van der Waals surface area (Å²) in [4.78, 5) is 0. The summed E-state index contributed by atoms with van der Waals surface area (Å²) in [6, 6.07) is 20.4. The summed E-state index contributed by atoms with van der Waals surface area (Å²) in [6.07, 6.45) is 0. The van der Waals surface area contributed by atoms with E-state index in [1.165, 1.54) is 0 Å². The maximum absolute atomic E-state index is 13.9. The maximum Gasteiger partial charge on any atom is 0.151 e. The highest BCUT2D eigenvalue weighted by Gasteiger charge is 2.39. The molecule has 1 aliphatic heterocycles. The molecule has 0 saturated carbocycles. The normalized spacial score (nSPS) is 14.4. The monoisotopic (exact) mass is 289 g/mol. The van der Waals surface area contributed by atoms with Crippen LogP contribution in [0.15, 0.2) is 66.7 Å². The highest BCUT2D eigenvalue weighted by molar-refractivity contribution is 5.99. The molecule has 0 atom stereocenters. The molecule has 0 amide bonds. The van der Waals surface area contributed by atoms with Gasteiger partial charge >= 0.3 is 0 Å². The van der Waals surface area contributed by atoms with E-state index in [-0.39, 0.29) is 0 Å². The third kappa shape index (κ3) is 1.59. The number of nitrogens with zero attached hydrogens (tertiary/aromatic N) is 1. The van der Waals surface area contributed by atoms with Gasteiger partial charge in [0.05, 0.1) is 0 Å². The maximum atomic E-state index is 13.9. The Balaban J connectivity index is 2.09. The topological polar surface area (TPSA) is 75.1 Å². The Morgan fingerprint density at radius 2 is 1.14 bits per heavy atom. The minimum absolute atomic E-state index is 0.491. The Kier molecular flexibility index (Phi) is 2.54. The largest absolute Gasteiger partial charge is 0.616 e. The van der Waals surface area contributed by atoms with E-state index in [1.54, 1.807) is 18.2 Å². The van der Waals surface area contributed by atoms with Gasteiger partial charge < -0.3 is 16.7 Å². The molecule has 4 nitrogen and oxygen atoms in total. The van der Waals surface area contributed by atoms with Gasteiger partial charge in [-0.25, -0.2) is 0 Å². The number of benzene rings is 3. The molecule has 22 heavy (non-hydrogen) atoms. The molecule has 4 rings (SSSR count). The Morgan fingerprint density at radius 3 is 1.64 bits per heavy atom. The summed E-state index contributed by atoms with van der Waals surface area (Å²) >= 11 is 0. The van der Waals surface area contributed by atoms with Gasteiger partial charge in [-0.15, -0.1) is 0 Å². The minimum Gasteiger partial charge on any atom is -0.616 e. The molecule has 0 saturated heterocycles. The average molecular weight is 289 g/mol. The van der Waals surface area contributed by atoms with Crippen LogP contribution in [0.25, 0.3) is 11.1 Å². The van der Waals surface area contributed by atoms with Gasteiger partial charge in [0, 0.05) is 46.8 Å². The van der Waals surface area contributed by atoms with Crippen molar-refractivity contribution in [2.75, 3.05) is 11.5 Å². The standard InChI is InChI=1S/C18H15N3O/c19-12-9-13(20)11-14(10-12)21(22)17-7-3-1-5-15(17)16-6-2-4-8-18(16)21/h1-11H,19-20H2. The first-order valence-electron chi connectivity index (χ1n) is 7.07. The zero-order valence-corrected chi connectivity index (χ0v) is 11.9. The van der Waals surface area contributed by atoms with E-state index in [2.05, 4.69) is 0 Å². The summed E-state index contributed by atoms with van der Waals surface area (Å²) in [5, 5.41) is 13.9. The summed E-state index contributed by atoms with van der Waals surface area (Å²) in [6.45, 7) is 0. The second-order valence-corrected chi connectivity index (χ2v) is 5.50. The van der Waals surface area contributed by atoms with Crippen LogP contribution in [0.1, 0.15) is 0 Å². The molecule has 0 radical (unpaired) electrons. The molecule has 4 heteroatoms. The molecule has 1 heterocycles. The quantitative estimate of drug-likeness (QED) is 0.398. The SMILES string of the molecule is Nc1cc(N)cc([N+]2([O-])c3ccccc3-c3ccccc32)c1. The summed E-state index contributed by atoms with van der Waals surface area (Å²) in [7, 11) is 0. The van der Waals surface area contributed by atoms with Crippen molar-refractivity contribution in [2.45, 2.75) is 0 Å². The van der Waals surface area contributed by atoms with Crippen LogP contribution in [-0.2, 0) is 0 Å². The van der Waals surface area contributed by atoms with Crippen molar-refractivity contribution in [3.8, 4) is 11.1 Å². The summed E-state index contributed by atoms with van der Waals surface area (Å²) < 4.78 is -0.665. The number of anilines is 2. The number of hydrogen-bond donors (Lipinski definition) is 2. The lowest BCUT2D eigenvalue weighted by Gasteiger charge is -2.38. The smallest absolute Gasteiger partial charge is 0.151 e. The number of para-hydroxylation sites is 2. The van der Waals surface area contributed by atoms with E-state index in [0.717, 1.165) is 11.1 Å². The molecule has 0 aromatic heterocycles. The van der Waals surface area contributed by atoms with Crippen LogP contribution >= 0.6 is 0 Å². The Hall–Kier alpha value is -2.82. The Bertz CT molecular complexity index is 823. The Morgan fingerprint density at radius 1 is 0.682 bits per heavy atom. The van der Waals surface area contributed by atoms with Gasteiger partial charge in [-0.1, -0.05) is 24.3 Å². The predicted octanol–water partition coefficient (Wildman–Crippen LogP) is 4.30. The second-order valence-electron chi connectivity index (χ2n) is 5.50. The number of quaternary nitrogens is 1. The van der Waals surface area contributed by atoms with Crippen LogP contribution in [0.4, 0.5) is 28.4 Å². The molecule has 0 aliphatic carbocycles. The van der Waals surface area contributed by atoms with Crippen LogP contribution < -0.4 is 16.1 Å². The fourth-order valence-electron chi connectivity index (χ4n) is 3.20. The molecule has 3 aromatic carbocycles. The van der Waals surface area contributed by atoms with Crippen LogP contribution in [-0.4, -0.2) is 0 Å². The lowest BCUT2D eigenvalue weighted by molar-refractivity contribution is 0.711. The number of rotatable bonds is 1. The van der Waals surface area contributed by atoms with Crippen molar-refractivity contribution in [1.29, 1.82) is 0 Å². The number of nitrogens with two attached hydrogens (primary N) is 2. The molecule has 0 fully saturated rings. The fraction of sp³-hybridized carbons (Fsp3) is 0. The number of hydrogen-bond acceptors (Lipinski definition) is 3. The molecule has 0 spiro atoms. The van der Waals surface area contributed by atoms with Gasteiger partial charge in [-0.3, -0.25) is 4.65 Å². The first-order chi connectivity index (χ1) is 10.6. The van der Waals surface area contributed by atoms with Crippen LogP contribution in [0.5, 0.6) is 0 Å².